The van der Waals surface area contributed by atoms with Crippen molar-refractivity contribution in [1.82, 2.24) is 14.8 Å². The van der Waals surface area contributed by atoms with E-state index in [0.717, 1.165) is 38.3 Å². The van der Waals surface area contributed by atoms with Crippen molar-refractivity contribution in [1.29, 1.82) is 0 Å². The maximum Gasteiger partial charge on any atom is 0.0777 e. The van der Waals surface area contributed by atoms with Crippen LogP contribution in [0.1, 0.15) is 30.4 Å². The monoisotopic (exact) mass is 388 g/mol. The zero-order valence-corrected chi connectivity index (χ0v) is 17.6. The first-order valence-corrected chi connectivity index (χ1v) is 11.2. The van der Waals surface area contributed by atoms with Gasteiger partial charge in [-0.1, -0.05) is 23.8 Å². The molecule has 29 heavy (non-hydrogen) atoms. The van der Waals surface area contributed by atoms with Gasteiger partial charge in [0, 0.05) is 55.7 Å². The first-order chi connectivity index (χ1) is 14.3. The molecule has 0 saturated carbocycles. The van der Waals surface area contributed by atoms with E-state index >= 15 is 0 Å². The summed E-state index contributed by atoms with van der Waals surface area (Å²) in [6.45, 7) is 8.28. The van der Waals surface area contributed by atoms with E-state index in [1.807, 2.05) is 6.20 Å². The molecule has 1 aromatic carbocycles. The Morgan fingerprint density at radius 1 is 0.897 bits per heavy atom. The number of likely N-dealkylation sites (tertiary alicyclic amines) is 1. The van der Waals surface area contributed by atoms with Crippen LogP contribution in [0.4, 0.5) is 5.69 Å². The first-order valence-electron chi connectivity index (χ1n) is 11.2. The Labute approximate surface area is 174 Å². The summed E-state index contributed by atoms with van der Waals surface area (Å²) in [4.78, 5) is 12.3. The summed E-state index contributed by atoms with van der Waals surface area (Å²) in [7, 11) is 2.20. The average molecular weight is 389 g/mol. The standard InChI is InChI=1S/C25H32N4/c1-27-14-16-29(17-15-27)23-6-4-21(5-7-23)25-24-19-20(18-22(24)8-10-26-25)9-13-28-11-2-3-12-28/h4-8,10,19H,2-3,9,11-18H2,1H3. The van der Waals surface area contributed by atoms with Gasteiger partial charge in [0.1, 0.15) is 0 Å². The van der Waals surface area contributed by atoms with Gasteiger partial charge in [-0.3, -0.25) is 4.98 Å². The molecule has 4 heteroatoms. The van der Waals surface area contributed by atoms with E-state index in [1.54, 1.807) is 5.57 Å². The van der Waals surface area contributed by atoms with Gasteiger partial charge in [-0.15, -0.1) is 0 Å². The van der Waals surface area contributed by atoms with E-state index in [2.05, 4.69) is 58.2 Å². The third-order valence-electron chi connectivity index (χ3n) is 6.80. The van der Waals surface area contributed by atoms with Crippen molar-refractivity contribution >= 4 is 11.8 Å². The molecule has 0 spiro atoms. The van der Waals surface area contributed by atoms with E-state index in [-0.39, 0.29) is 0 Å². The Morgan fingerprint density at radius 3 is 2.41 bits per heavy atom. The summed E-state index contributed by atoms with van der Waals surface area (Å²) in [6, 6.07) is 11.3. The predicted molar refractivity (Wildman–Crippen MR) is 121 cm³/mol. The summed E-state index contributed by atoms with van der Waals surface area (Å²) >= 11 is 0. The van der Waals surface area contributed by atoms with Crippen LogP contribution in [0.3, 0.4) is 0 Å². The molecule has 1 aliphatic carbocycles. The molecule has 0 unspecified atom stereocenters. The van der Waals surface area contributed by atoms with Crippen LogP contribution in [-0.2, 0) is 6.42 Å². The Morgan fingerprint density at radius 2 is 1.66 bits per heavy atom. The number of likely N-dealkylation sites (N-methyl/N-ethyl adjacent to an activating group) is 1. The smallest absolute Gasteiger partial charge is 0.0777 e. The lowest BCUT2D eigenvalue weighted by Gasteiger charge is -2.34. The number of hydrogen-bond donors (Lipinski definition) is 0. The van der Waals surface area contributed by atoms with Crippen molar-refractivity contribution in [2.24, 2.45) is 0 Å². The minimum atomic E-state index is 1.10. The Kier molecular flexibility index (Phi) is 5.38. The van der Waals surface area contributed by atoms with Gasteiger partial charge < -0.3 is 14.7 Å². The number of aromatic nitrogens is 1. The van der Waals surface area contributed by atoms with Crippen molar-refractivity contribution in [2.75, 3.05) is 57.8 Å². The van der Waals surface area contributed by atoms with E-state index in [1.165, 1.54) is 61.3 Å². The van der Waals surface area contributed by atoms with Crippen LogP contribution in [0.2, 0.25) is 0 Å². The molecule has 2 saturated heterocycles. The molecule has 0 N–H and O–H groups in total. The highest BCUT2D eigenvalue weighted by molar-refractivity contribution is 5.78. The maximum atomic E-state index is 4.77. The third kappa shape index (κ3) is 4.10. The zero-order chi connectivity index (χ0) is 19.6. The van der Waals surface area contributed by atoms with E-state index in [4.69, 9.17) is 4.98 Å². The fourth-order valence-electron chi connectivity index (χ4n) is 4.92. The van der Waals surface area contributed by atoms with Crippen molar-refractivity contribution < 1.29 is 0 Å². The van der Waals surface area contributed by atoms with Crippen LogP contribution in [0.25, 0.3) is 17.3 Å². The van der Waals surface area contributed by atoms with Gasteiger partial charge in [0.2, 0.25) is 0 Å². The van der Waals surface area contributed by atoms with Crippen LogP contribution in [0, 0.1) is 0 Å². The summed E-state index contributed by atoms with van der Waals surface area (Å²) < 4.78 is 0. The topological polar surface area (TPSA) is 22.6 Å². The molecule has 3 aliphatic rings. The summed E-state index contributed by atoms with van der Waals surface area (Å²) in [6.07, 6.45) is 9.44. The van der Waals surface area contributed by atoms with Gasteiger partial charge in [0.05, 0.1) is 5.69 Å². The molecule has 0 amide bonds. The van der Waals surface area contributed by atoms with Crippen LogP contribution in [0.15, 0.2) is 42.1 Å². The third-order valence-corrected chi connectivity index (χ3v) is 6.80. The van der Waals surface area contributed by atoms with Crippen LogP contribution in [0.5, 0.6) is 0 Å². The second-order valence-corrected chi connectivity index (χ2v) is 8.85. The highest BCUT2D eigenvalue weighted by Crippen LogP contribution is 2.34. The molecule has 4 nitrogen and oxygen atoms in total. The first kappa shape index (κ1) is 18.8. The maximum absolute atomic E-state index is 4.77. The van der Waals surface area contributed by atoms with Crippen LogP contribution in [-0.4, -0.2) is 67.6 Å². The van der Waals surface area contributed by atoms with E-state index < -0.39 is 0 Å². The molecule has 152 valence electrons. The Balaban J connectivity index is 1.31. The molecular formula is C25H32N4. The number of piperazine rings is 1. The molecule has 5 rings (SSSR count). The second-order valence-electron chi connectivity index (χ2n) is 8.85. The number of hydrogen-bond acceptors (Lipinski definition) is 4. The Hall–Kier alpha value is -2.17. The number of rotatable bonds is 5. The van der Waals surface area contributed by atoms with E-state index in [9.17, 15) is 0 Å². The lowest BCUT2D eigenvalue weighted by atomic mass is 10.0. The van der Waals surface area contributed by atoms with Gasteiger partial charge in [0.25, 0.3) is 0 Å². The van der Waals surface area contributed by atoms with Crippen molar-refractivity contribution in [3.63, 3.8) is 0 Å². The van der Waals surface area contributed by atoms with Gasteiger partial charge in [0.15, 0.2) is 0 Å². The molecule has 2 aliphatic heterocycles. The lowest BCUT2D eigenvalue weighted by molar-refractivity contribution is 0.313. The molecule has 2 fully saturated rings. The fraction of sp³-hybridized carbons (Fsp3) is 0.480. The minimum absolute atomic E-state index is 1.10. The van der Waals surface area contributed by atoms with Crippen molar-refractivity contribution in [3.05, 3.63) is 53.2 Å². The normalized spacial score (nSPS) is 20.2. The lowest BCUT2D eigenvalue weighted by Crippen LogP contribution is -2.44. The largest absolute Gasteiger partial charge is 0.369 e. The highest BCUT2D eigenvalue weighted by Gasteiger charge is 2.20. The van der Waals surface area contributed by atoms with Gasteiger partial charge in [-0.05, 0) is 69.6 Å². The Bertz CT molecular complexity index is 872. The van der Waals surface area contributed by atoms with Crippen LogP contribution >= 0.6 is 0 Å². The predicted octanol–water partition coefficient (Wildman–Crippen LogP) is 3.93. The van der Waals surface area contributed by atoms with Gasteiger partial charge in [-0.2, -0.15) is 0 Å². The van der Waals surface area contributed by atoms with Gasteiger partial charge >= 0.3 is 0 Å². The summed E-state index contributed by atoms with van der Waals surface area (Å²) in [5.41, 5.74) is 8.05. The summed E-state index contributed by atoms with van der Waals surface area (Å²) in [5.74, 6) is 0. The number of fused-ring (bicyclic) bond motifs is 1. The SMILES string of the molecule is CN1CCN(c2ccc(-c3nccc4c3C=C(CCN3CCCC3)C4)cc2)CC1. The molecule has 1 aromatic heterocycles. The number of pyridine rings is 1. The van der Waals surface area contributed by atoms with E-state index in [0.29, 0.717) is 0 Å². The quantitative estimate of drug-likeness (QED) is 0.774. The van der Waals surface area contributed by atoms with Crippen molar-refractivity contribution in [3.8, 4) is 11.3 Å². The molecule has 0 radical (unpaired) electrons. The number of anilines is 1. The van der Waals surface area contributed by atoms with Crippen LogP contribution < -0.4 is 4.90 Å². The minimum Gasteiger partial charge on any atom is -0.369 e. The molecule has 0 bridgehead atoms. The molecule has 3 heterocycles. The molecule has 2 aromatic rings. The van der Waals surface area contributed by atoms with Crippen molar-refractivity contribution in [2.45, 2.75) is 25.7 Å². The molecule has 0 atom stereocenters. The fourth-order valence-corrected chi connectivity index (χ4v) is 4.92. The van der Waals surface area contributed by atoms with Gasteiger partial charge in [-0.25, -0.2) is 0 Å². The molecular weight excluding hydrogens is 356 g/mol. The number of nitrogens with zero attached hydrogens (tertiary/aromatic N) is 4. The second kappa shape index (κ2) is 8.29. The zero-order valence-electron chi connectivity index (χ0n) is 17.6. The summed E-state index contributed by atoms with van der Waals surface area (Å²) in [5, 5.41) is 0. The average Bonchev–Trinajstić information content (AvgIpc) is 3.42. The highest BCUT2D eigenvalue weighted by atomic mass is 15.2. The number of benzene rings is 1.